The molecule has 0 bridgehead atoms. The molecule has 122 valence electrons. The number of aromatic amines is 1. The third-order valence-corrected chi connectivity index (χ3v) is 3.37. The van der Waals surface area contributed by atoms with E-state index in [-0.39, 0.29) is 11.8 Å². The summed E-state index contributed by atoms with van der Waals surface area (Å²) in [5.41, 5.74) is 1.19. The van der Waals surface area contributed by atoms with Gasteiger partial charge in [0.1, 0.15) is 17.6 Å². The standard InChI is InChI=1S/C17H21N3O3/c1-11(2)9-13(17(22)23-3)20-16(21)14-10-18-15(19-14)12-7-5-4-6-8-12/h4-8,10-11,13H,9H2,1-3H3,(H,18,19)(H,20,21)/t13-/m0/s1. The molecule has 23 heavy (non-hydrogen) atoms. The first kappa shape index (κ1) is 16.7. The van der Waals surface area contributed by atoms with Gasteiger partial charge in [-0.25, -0.2) is 9.78 Å². The Morgan fingerprint density at radius 1 is 1.26 bits per heavy atom. The van der Waals surface area contributed by atoms with Crippen LogP contribution in [0.2, 0.25) is 0 Å². The van der Waals surface area contributed by atoms with Crippen LogP contribution in [0.3, 0.4) is 0 Å². The van der Waals surface area contributed by atoms with E-state index in [1.807, 2.05) is 44.2 Å². The van der Waals surface area contributed by atoms with Crippen molar-refractivity contribution in [3.8, 4) is 11.4 Å². The average molecular weight is 315 g/mol. The molecule has 1 aromatic heterocycles. The van der Waals surface area contributed by atoms with Crippen LogP contribution in [0.4, 0.5) is 0 Å². The number of nitrogens with one attached hydrogen (secondary N) is 2. The molecule has 0 unspecified atom stereocenters. The van der Waals surface area contributed by atoms with E-state index in [1.54, 1.807) is 0 Å². The Bertz CT molecular complexity index is 665. The number of aromatic nitrogens is 2. The van der Waals surface area contributed by atoms with E-state index in [2.05, 4.69) is 15.3 Å². The molecule has 1 amide bonds. The molecule has 0 fully saturated rings. The van der Waals surface area contributed by atoms with Crippen LogP contribution in [0, 0.1) is 5.92 Å². The second kappa shape index (κ2) is 7.58. The van der Waals surface area contributed by atoms with E-state index < -0.39 is 12.0 Å². The molecule has 1 aromatic carbocycles. The van der Waals surface area contributed by atoms with Crippen LogP contribution >= 0.6 is 0 Å². The van der Waals surface area contributed by atoms with Gasteiger partial charge in [-0.15, -0.1) is 0 Å². The van der Waals surface area contributed by atoms with Gasteiger partial charge in [0.25, 0.3) is 5.91 Å². The fourth-order valence-electron chi connectivity index (χ4n) is 2.24. The minimum atomic E-state index is -0.670. The SMILES string of the molecule is COC(=O)[C@H](CC(C)C)NC(=O)c1cnc(-c2ccccc2)[nH]1. The molecule has 2 N–H and O–H groups in total. The van der Waals surface area contributed by atoms with Gasteiger partial charge in [-0.3, -0.25) is 4.79 Å². The number of hydrogen-bond donors (Lipinski definition) is 2. The van der Waals surface area contributed by atoms with Gasteiger partial charge in [0.2, 0.25) is 0 Å². The molecule has 1 atom stereocenters. The highest BCUT2D eigenvalue weighted by atomic mass is 16.5. The summed E-state index contributed by atoms with van der Waals surface area (Å²) >= 11 is 0. The predicted molar refractivity (Wildman–Crippen MR) is 86.7 cm³/mol. The quantitative estimate of drug-likeness (QED) is 0.802. The normalized spacial score (nSPS) is 12.0. The second-order valence-corrected chi connectivity index (χ2v) is 5.69. The number of nitrogens with zero attached hydrogens (tertiary/aromatic N) is 1. The summed E-state index contributed by atoms with van der Waals surface area (Å²) < 4.78 is 4.75. The van der Waals surface area contributed by atoms with Crippen molar-refractivity contribution in [3.63, 3.8) is 0 Å². The summed E-state index contributed by atoms with van der Waals surface area (Å²) in [4.78, 5) is 31.3. The van der Waals surface area contributed by atoms with Crippen LogP contribution in [0.25, 0.3) is 11.4 Å². The largest absolute Gasteiger partial charge is 0.467 e. The van der Waals surface area contributed by atoms with Gasteiger partial charge < -0.3 is 15.0 Å². The molecule has 2 aromatic rings. The summed E-state index contributed by atoms with van der Waals surface area (Å²) in [6, 6.07) is 8.83. The number of H-pyrrole nitrogens is 1. The molecular weight excluding hydrogens is 294 g/mol. The molecule has 0 aliphatic rings. The van der Waals surface area contributed by atoms with Crippen molar-refractivity contribution in [2.45, 2.75) is 26.3 Å². The lowest BCUT2D eigenvalue weighted by molar-refractivity contribution is -0.143. The number of amides is 1. The third kappa shape index (κ3) is 4.42. The van der Waals surface area contributed by atoms with E-state index in [9.17, 15) is 9.59 Å². The number of carbonyl (C=O) groups is 2. The molecule has 6 nitrogen and oxygen atoms in total. The summed E-state index contributed by atoms with van der Waals surface area (Å²) in [7, 11) is 1.31. The number of esters is 1. The van der Waals surface area contributed by atoms with E-state index in [0.717, 1.165) is 5.56 Å². The molecule has 0 saturated heterocycles. The fraction of sp³-hybridized carbons (Fsp3) is 0.353. The molecule has 0 saturated carbocycles. The van der Waals surface area contributed by atoms with Gasteiger partial charge in [-0.2, -0.15) is 0 Å². The van der Waals surface area contributed by atoms with Crippen LogP contribution < -0.4 is 5.32 Å². The van der Waals surface area contributed by atoms with Gasteiger partial charge in [-0.1, -0.05) is 44.2 Å². The highest BCUT2D eigenvalue weighted by Gasteiger charge is 2.24. The Kier molecular flexibility index (Phi) is 5.51. The number of hydrogen-bond acceptors (Lipinski definition) is 4. The number of ether oxygens (including phenoxy) is 1. The number of methoxy groups -OCH3 is 1. The third-order valence-electron chi connectivity index (χ3n) is 3.37. The molecule has 2 rings (SSSR count). The van der Waals surface area contributed by atoms with Gasteiger partial charge >= 0.3 is 5.97 Å². The first-order valence-electron chi connectivity index (χ1n) is 7.50. The Morgan fingerprint density at radius 2 is 1.96 bits per heavy atom. The van der Waals surface area contributed by atoms with Crippen LogP contribution in [0.5, 0.6) is 0 Å². The average Bonchev–Trinajstić information content (AvgIpc) is 3.04. The van der Waals surface area contributed by atoms with Crippen LogP contribution in [-0.4, -0.2) is 35.0 Å². The first-order valence-corrected chi connectivity index (χ1v) is 7.50. The lowest BCUT2D eigenvalue weighted by atomic mass is 10.0. The summed E-state index contributed by atoms with van der Waals surface area (Å²) in [6.07, 6.45) is 1.97. The predicted octanol–water partition coefficient (Wildman–Crippen LogP) is 2.39. The zero-order chi connectivity index (χ0) is 16.8. The molecule has 0 radical (unpaired) electrons. The van der Waals surface area contributed by atoms with E-state index >= 15 is 0 Å². The van der Waals surface area contributed by atoms with Crippen LogP contribution in [0.1, 0.15) is 30.8 Å². The Morgan fingerprint density at radius 3 is 2.57 bits per heavy atom. The zero-order valence-electron chi connectivity index (χ0n) is 13.5. The molecule has 1 heterocycles. The highest BCUT2D eigenvalue weighted by Crippen LogP contribution is 2.15. The van der Waals surface area contributed by atoms with Crippen molar-refractivity contribution < 1.29 is 14.3 Å². The fourth-order valence-corrected chi connectivity index (χ4v) is 2.24. The lowest BCUT2D eigenvalue weighted by Crippen LogP contribution is -2.42. The smallest absolute Gasteiger partial charge is 0.328 e. The number of carbonyl (C=O) groups excluding carboxylic acids is 2. The minimum Gasteiger partial charge on any atom is -0.467 e. The van der Waals surface area contributed by atoms with Gasteiger partial charge in [0.05, 0.1) is 13.3 Å². The Balaban J connectivity index is 2.11. The number of rotatable bonds is 6. The van der Waals surface area contributed by atoms with E-state index in [0.29, 0.717) is 17.9 Å². The second-order valence-electron chi connectivity index (χ2n) is 5.69. The van der Waals surface area contributed by atoms with Crippen molar-refractivity contribution in [1.29, 1.82) is 0 Å². The molecule has 6 heteroatoms. The Labute approximate surface area is 135 Å². The number of benzene rings is 1. The summed E-state index contributed by atoms with van der Waals surface area (Å²) in [6.45, 7) is 3.96. The lowest BCUT2D eigenvalue weighted by Gasteiger charge is -2.17. The first-order chi connectivity index (χ1) is 11.0. The van der Waals surface area contributed by atoms with E-state index in [1.165, 1.54) is 13.3 Å². The van der Waals surface area contributed by atoms with Crippen LogP contribution in [-0.2, 0) is 9.53 Å². The van der Waals surface area contributed by atoms with Crippen molar-refractivity contribution in [2.75, 3.05) is 7.11 Å². The van der Waals surface area contributed by atoms with Crippen molar-refractivity contribution in [2.24, 2.45) is 5.92 Å². The zero-order valence-corrected chi connectivity index (χ0v) is 13.5. The maximum Gasteiger partial charge on any atom is 0.328 e. The summed E-state index contributed by atoms with van der Waals surface area (Å²) in [5, 5.41) is 2.70. The van der Waals surface area contributed by atoms with Gasteiger partial charge in [0, 0.05) is 5.56 Å². The van der Waals surface area contributed by atoms with Crippen LogP contribution in [0.15, 0.2) is 36.5 Å². The molecule has 0 spiro atoms. The van der Waals surface area contributed by atoms with Crippen molar-refractivity contribution in [1.82, 2.24) is 15.3 Å². The maximum atomic E-state index is 12.3. The Hall–Kier alpha value is -2.63. The molecular formula is C17H21N3O3. The van der Waals surface area contributed by atoms with E-state index in [4.69, 9.17) is 4.74 Å². The highest BCUT2D eigenvalue weighted by molar-refractivity contribution is 5.95. The minimum absolute atomic E-state index is 0.251. The monoisotopic (exact) mass is 315 g/mol. The molecule has 0 aliphatic heterocycles. The van der Waals surface area contributed by atoms with Crippen molar-refractivity contribution in [3.05, 3.63) is 42.2 Å². The molecule has 0 aliphatic carbocycles. The maximum absolute atomic E-state index is 12.3. The number of imidazole rings is 1. The summed E-state index contributed by atoms with van der Waals surface area (Å²) in [5.74, 6) is 0.0286. The van der Waals surface area contributed by atoms with Gasteiger partial charge in [-0.05, 0) is 12.3 Å². The van der Waals surface area contributed by atoms with Gasteiger partial charge in [0.15, 0.2) is 0 Å². The van der Waals surface area contributed by atoms with Crippen molar-refractivity contribution >= 4 is 11.9 Å². The topological polar surface area (TPSA) is 84.1 Å².